The lowest BCUT2D eigenvalue weighted by molar-refractivity contribution is -0.270. The fourth-order valence-electron chi connectivity index (χ4n) is 3.74. The fourth-order valence-corrected chi connectivity index (χ4v) is 3.74. The summed E-state index contributed by atoms with van der Waals surface area (Å²) in [6.45, 7) is 9.10. The molecular formula is C24H33N5O11. The normalized spacial score (nSPS) is 23.1. The van der Waals surface area contributed by atoms with Crippen molar-refractivity contribution in [2.75, 3.05) is 6.61 Å². The smallest absolute Gasteiger partial charge is 0.408 e. The highest BCUT2D eigenvalue weighted by molar-refractivity contribution is 5.69. The van der Waals surface area contributed by atoms with Crippen molar-refractivity contribution in [2.45, 2.75) is 97.2 Å². The molecule has 6 atom stereocenters. The molecule has 1 aromatic heterocycles. The van der Waals surface area contributed by atoms with Crippen molar-refractivity contribution in [2.24, 2.45) is 0 Å². The molecule has 1 saturated heterocycles. The van der Waals surface area contributed by atoms with E-state index >= 15 is 0 Å². The highest BCUT2D eigenvalue weighted by Gasteiger charge is 2.53. The number of aromatic nitrogens is 3. The Morgan fingerprint density at radius 3 is 2.10 bits per heavy atom. The van der Waals surface area contributed by atoms with Gasteiger partial charge in [-0.1, -0.05) is 5.21 Å². The average molecular weight is 568 g/mol. The molecule has 1 N–H and O–H groups in total. The maximum atomic E-state index is 12.1. The second-order valence-electron chi connectivity index (χ2n) is 9.81. The molecule has 1 aromatic rings. The lowest BCUT2D eigenvalue weighted by Gasteiger charge is -2.44. The first kappa shape index (κ1) is 32.0. The molecule has 0 unspecified atom stereocenters. The van der Waals surface area contributed by atoms with Crippen LogP contribution in [0.5, 0.6) is 0 Å². The minimum atomic E-state index is -1.39. The van der Waals surface area contributed by atoms with Gasteiger partial charge in [0, 0.05) is 34.1 Å². The maximum Gasteiger partial charge on any atom is 0.408 e. The lowest BCUT2D eigenvalue weighted by atomic mass is 9.97. The van der Waals surface area contributed by atoms with Crippen LogP contribution in [-0.2, 0) is 54.0 Å². The molecule has 0 aromatic carbocycles. The zero-order valence-electron chi connectivity index (χ0n) is 23.2. The second-order valence-corrected chi connectivity index (χ2v) is 9.81. The molecule has 2 rings (SSSR count). The van der Waals surface area contributed by atoms with Gasteiger partial charge in [-0.15, -0.1) is 5.10 Å². The van der Waals surface area contributed by atoms with Crippen LogP contribution in [-0.4, -0.2) is 87.6 Å². The largest absolute Gasteiger partial charge is 0.463 e. The van der Waals surface area contributed by atoms with E-state index in [2.05, 4.69) is 15.6 Å². The summed E-state index contributed by atoms with van der Waals surface area (Å²) in [5.41, 5.74) is -0.544. The summed E-state index contributed by atoms with van der Waals surface area (Å²) in [5, 5.41) is 19.9. The molecular weight excluding hydrogens is 534 g/mol. The van der Waals surface area contributed by atoms with Gasteiger partial charge in [0.2, 0.25) is 0 Å². The molecule has 16 nitrogen and oxygen atoms in total. The van der Waals surface area contributed by atoms with Crippen molar-refractivity contribution in [1.82, 2.24) is 20.3 Å². The molecule has 16 heteroatoms. The van der Waals surface area contributed by atoms with Gasteiger partial charge in [0.1, 0.15) is 24.4 Å². The molecule has 0 aliphatic carbocycles. The van der Waals surface area contributed by atoms with Gasteiger partial charge >= 0.3 is 30.0 Å². The first-order valence-electron chi connectivity index (χ1n) is 12.2. The van der Waals surface area contributed by atoms with Crippen molar-refractivity contribution in [1.29, 1.82) is 5.26 Å². The van der Waals surface area contributed by atoms with Crippen molar-refractivity contribution < 1.29 is 52.4 Å². The SMILES string of the molecule is CC(=O)OC[C@H]1O[C@@H](n2cc(C[C@@H](C#N)NC(=O)OC(C)(C)C)nn2)[C@H](OC(C)=O)[C@@H](OC(C)=O)[C@@H]1OC(C)=O. The standard InChI is InChI=1S/C24H33N5O11/c1-12(30)35-11-18-19(36-13(2)31)20(37-14(3)32)21(38-15(4)33)22(39-18)29-10-17(27-28-29)8-16(9-25)26-23(34)40-24(5,6)7/h10,16,18-22H,8,11H2,1-7H3,(H,26,34)/t16-,18+,19+,20-,21+,22+/m0/s1. The zero-order valence-corrected chi connectivity index (χ0v) is 23.2. The third-order valence-electron chi connectivity index (χ3n) is 5.04. The van der Waals surface area contributed by atoms with E-state index in [1.165, 1.54) is 6.20 Å². The number of nitrogens with zero attached hydrogens (tertiary/aromatic N) is 4. The number of nitrogens with one attached hydrogen (secondary N) is 1. The first-order chi connectivity index (χ1) is 18.6. The van der Waals surface area contributed by atoms with Crippen LogP contribution in [0.25, 0.3) is 0 Å². The lowest BCUT2D eigenvalue weighted by Crippen LogP contribution is -2.60. The van der Waals surface area contributed by atoms with Crippen LogP contribution in [0, 0.1) is 11.3 Å². The van der Waals surface area contributed by atoms with E-state index in [1.54, 1.807) is 20.8 Å². The van der Waals surface area contributed by atoms with Gasteiger partial charge in [0.25, 0.3) is 0 Å². The van der Waals surface area contributed by atoms with E-state index in [0.717, 1.165) is 32.4 Å². The van der Waals surface area contributed by atoms with Crippen LogP contribution in [0.3, 0.4) is 0 Å². The summed E-state index contributed by atoms with van der Waals surface area (Å²) >= 11 is 0. The van der Waals surface area contributed by atoms with Crippen LogP contribution in [0.2, 0.25) is 0 Å². The average Bonchev–Trinajstić information content (AvgIpc) is 3.26. The molecule has 1 fully saturated rings. The van der Waals surface area contributed by atoms with E-state index in [0.29, 0.717) is 0 Å². The van der Waals surface area contributed by atoms with E-state index in [1.807, 2.05) is 6.07 Å². The summed E-state index contributed by atoms with van der Waals surface area (Å²) < 4.78 is 33.5. The number of ether oxygens (including phenoxy) is 6. The van der Waals surface area contributed by atoms with E-state index in [-0.39, 0.29) is 12.1 Å². The monoisotopic (exact) mass is 567 g/mol. The van der Waals surface area contributed by atoms with E-state index < -0.39 is 78.9 Å². The summed E-state index contributed by atoms with van der Waals surface area (Å²) in [6.07, 6.45) is -6.11. The molecule has 1 aliphatic rings. The van der Waals surface area contributed by atoms with Gasteiger partial charge in [0.05, 0.1) is 18.0 Å². The summed E-state index contributed by atoms with van der Waals surface area (Å²) in [5.74, 6) is -2.98. The molecule has 0 radical (unpaired) electrons. The number of nitriles is 1. The molecule has 0 bridgehead atoms. The Balaban J connectivity index is 2.40. The highest BCUT2D eigenvalue weighted by Crippen LogP contribution is 2.34. The molecule has 2 heterocycles. The van der Waals surface area contributed by atoms with Gasteiger partial charge in [-0.05, 0) is 20.8 Å². The van der Waals surface area contributed by atoms with Gasteiger partial charge < -0.3 is 33.7 Å². The van der Waals surface area contributed by atoms with Crippen LogP contribution in [0.1, 0.15) is 60.4 Å². The number of hydrogen-bond donors (Lipinski definition) is 1. The molecule has 40 heavy (non-hydrogen) atoms. The van der Waals surface area contributed by atoms with Gasteiger partial charge in [-0.2, -0.15) is 5.26 Å². The minimum absolute atomic E-state index is 0.0823. The van der Waals surface area contributed by atoms with Crippen LogP contribution >= 0.6 is 0 Å². The van der Waals surface area contributed by atoms with Gasteiger partial charge in [-0.25, -0.2) is 9.48 Å². The fraction of sp³-hybridized carbons (Fsp3) is 0.667. The Morgan fingerprint density at radius 2 is 1.57 bits per heavy atom. The van der Waals surface area contributed by atoms with Crippen LogP contribution in [0.15, 0.2) is 6.20 Å². The first-order valence-corrected chi connectivity index (χ1v) is 12.2. The number of esters is 4. The van der Waals surface area contributed by atoms with Crippen molar-refractivity contribution in [3.05, 3.63) is 11.9 Å². The third-order valence-corrected chi connectivity index (χ3v) is 5.04. The number of carbonyl (C=O) groups is 5. The number of alkyl carbamates (subject to hydrolysis) is 1. The summed E-state index contributed by atoms with van der Waals surface area (Å²) in [4.78, 5) is 59.4. The van der Waals surface area contributed by atoms with Crippen molar-refractivity contribution in [3.8, 4) is 6.07 Å². The van der Waals surface area contributed by atoms with Crippen LogP contribution in [0.4, 0.5) is 4.79 Å². The summed E-state index contributed by atoms with van der Waals surface area (Å²) in [6, 6.07) is 0.902. The zero-order chi connectivity index (χ0) is 30.2. The predicted molar refractivity (Wildman–Crippen MR) is 130 cm³/mol. The van der Waals surface area contributed by atoms with E-state index in [4.69, 9.17) is 28.4 Å². The number of amides is 1. The Hall–Kier alpha value is -4.26. The molecule has 0 spiro atoms. The van der Waals surface area contributed by atoms with Gasteiger partial charge in [-0.3, -0.25) is 19.2 Å². The van der Waals surface area contributed by atoms with Gasteiger partial charge in [0.15, 0.2) is 24.5 Å². The van der Waals surface area contributed by atoms with Crippen molar-refractivity contribution in [3.63, 3.8) is 0 Å². The minimum Gasteiger partial charge on any atom is -0.463 e. The Labute approximate surface area is 230 Å². The Kier molecular flexibility index (Phi) is 10.9. The number of rotatable bonds is 9. The van der Waals surface area contributed by atoms with Crippen LogP contribution < -0.4 is 5.32 Å². The molecule has 1 aliphatic heterocycles. The van der Waals surface area contributed by atoms with Crippen molar-refractivity contribution >= 4 is 30.0 Å². The second kappa shape index (κ2) is 13.7. The topological polar surface area (TPSA) is 207 Å². The highest BCUT2D eigenvalue weighted by atomic mass is 16.7. The molecule has 0 saturated carbocycles. The maximum absolute atomic E-state index is 12.1. The Bertz CT molecular complexity index is 1140. The predicted octanol–water partition coefficient (Wildman–Crippen LogP) is 0.493. The quantitative estimate of drug-likeness (QED) is 0.318. The Morgan fingerprint density at radius 1 is 1.00 bits per heavy atom. The summed E-state index contributed by atoms with van der Waals surface area (Å²) in [7, 11) is 0. The third kappa shape index (κ3) is 9.80. The molecule has 220 valence electrons. The molecule has 1 amide bonds. The van der Waals surface area contributed by atoms with E-state index in [9.17, 15) is 29.2 Å². The number of carbonyl (C=O) groups excluding carboxylic acids is 5. The number of hydrogen-bond acceptors (Lipinski definition) is 14.